The zero-order valence-electron chi connectivity index (χ0n) is 6.86. The summed E-state index contributed by atoms with van der Waals surface area (Å²) in [6.45, 7) is 2.01. The van der Waals surface area contributed by atoms with E-state index in [0.29, 0.717) is 0 Å². The van der Waals surface area contributed by atoms with Crippen LogP contribution in [0.3, 0.4) is 0 Å². The molecule has 0 amide bonds. The van der Waals surface area contributed by atoms with E-state index in [2.05, 4.69) is 23.3 Å². The molecule has 0 aliphatic carbocycles. The first-order valence-corrected chi connectivity index (χ1v) is 5.11. The predicted octanol–water partition coefficient (Wildman–Crippen LogP) is 2.30. The molecule has 0 aromatic heterocycles. The minimum atomic E-state index is 0.283. The zero-order valence-corrected chi connectivity index (χ0v) is 8.65. The number of phenols is 1. The van der Waals surface area contributed by atoms with Gasteiger partial charge in [0.15, 0.2) is 0 Å². The van der Waals surface area contributed by atoms with Crippen LogP contribution in [-0.4, -0.2) is 5.11 Å². The number of aromatic hydroxyl groups is 1. The Morgan fingerprint density at radius 2 is 2.00 bits per heavy atom. The second-order valence-corrected chi connectivity index (χ2v) is 2.24. The summed E-state index contributed by atoms with van der Waals surface area (Å²) in [7, 11) is 0. The molecule has 2 nitrogen and oxygen atoms in total. The zero-order chi connectivity index (χ0) is 9.56. The molecule has 0 heterocycles. The fraction of sp³-hybridized carbons (Fsp3) is 0.250. The number of hydrogen-bond acceptors (Lipinski definition) is 4. The maximum Gasteiger partial charge on any atom is 0.116 e. The van der Waals surface area contributed by atoms with E-state index in [0.717, 1.165) is 17.7 Å². The lowest BCUT2D eigenvalue weighted by atomic mass is 10.1. The fourth-order valence-electron chi connectivity index (χ4n) is 0.898. The molecule has 1 aromatic rings. The van der Waals surface area contributed by atoms with Gasteiger partial charge < -0.3 is 10.8 Å². The van der Waals surface area contributed by atoms with Gasteiger partial charge in [0, 0.05) is 5.69 Å². The van der Waals surface area contributed by atoms with E-state index in [1.807, 2.05) is 6.92 Å². The maximum absolute atomic E-state index is 9.01. The third kappa shape index (κ3) is 3.28. The van der Waals surface area contributed by atoms with Gasteiger partial charge in [0.1, 0.15) is 5.75 Å². The SMILES string of the molecule is CCc1cc(O)ccc1N.SS. The molecule has 1 rings (SSSR count). The van der Waals surface area contributed by atoms with Crippen LogP contribution < -0.4 is 5.73 Å². The third-order valence-electron chi connectivity index (χ3n) is 1.51. The van der Waals surface area contributed by atoms with E-state index in [-0.39, 0.29) is 5.75 Å². The number of thiol groups is 2. The van der Waals surface area contributed by atoms with Gasteiger partial charge in [-0.15, -0.1) is 23.3 Å². The van der Waals surface area contributed by atoms with Crippen molar-refractivity contribution in [3.05, 3.63) is 23.8 Å². The van der Waals surface area contributed by atoms with Crippen molar-refractivity contribution in [1.29, 1.82) is 0 Å². The van der Waals surface area contributed by atoms with Crippen molar-refractivity contribution in [3.63, 3.8) is 0 Å². The number of rotatable bonds is 1. The van der Waals surface area contributed by atoms with E-state index in [1.165, 1.54) is 0 Å². The van der Waals surface area contributed by atoms with Gasteiger partial charge in [-0.25, -0.2) is 0 Å². The first-order valence-electron chi connectivity index (χ1n) is 3.51. The average Bonchev–Trinajstić information content (AvgIpc) is 2.13. The molecule has 0 bridgehead atoms. The lowest BCUT2D eigenvalue weighted by Gasteiger charge is -2.01. The topological polar surface area (TPSA) is 46.2 Å². The highest BCUT2D eigenvalue weighted by atomic mass is 33.1. The number of nitrogen functional groups attached to an aromatic ring is 1. The third-order valence-corrected chi connectivity index (χ3v) is 1.51. The van der Waals surface area contributed by atoms with Crippen LogP contribution in [0.5, 0.6) is 5.75 Å². The van der Waals surface area contributed by atoms with Gasteiger partial charge >= 0.3 is 0 Å². The van der Waals surface area contributed by atoms with Gasteiger partial charge in [-0.3, -0.25) is 0 Å². The molecule has 4 heteroatoms. The molecule has 0 saturated carbocycles. The Bertz CT molecular complexity index is 240. The Morgan fingerprint density at radius 1 is 1.42 bits per heavy atom. The molecular weight excluding hydrogens is 190 g/mol. The molecule has 0 aliphatic rings. The summed E-state index contributed by atoms with van der Waals surface area (Å²) >= 11 is 6.44. The van der Waals surface area contributed by atoms with Crippen molar-refractivity contribution in [2.24, 2.45) is 0 Å². The molecule has 0 atom stereocenters. The van der Waals surface area contributed by atoms with Crippen molar-refractivity contribution < 1.29 is 5.11 Å². The Labute approximate surface area is 83.0 Å². The smallest absolute Gasteiger partial charge is 0.116 e. The number of anilines is 1. The van der Waals surface area contributed by atoms with Crippen molar-refractivity contribution in [2.45, 2.75) is 13.3 Å². The summed E-state index contributed by atoms with van der Waals surface area (Å²) in [5.74, 6) is 0.283. The molecular formula is C8H13NOS2. The summed E-state index contributed by atoms with van der Waals surface area (Å²) in [5, 5.41) is 9.01. The van der Waals surface area contributed by atoms with Crippen LogP contribution in [0.15, 0.2) is 18.2 Å². The number of aryl methyl sites for hydroxylation is 1. The first-order chi connectivity index (χ1) is 5.74. The van der Waals surface area contributed by atoms with Crippen molar-refractivity contribution >= 4 is 29.0 Å². The fourth-order valence-corrected chi connectivity index (χ4v) is 0.898. The monoisotopic (exact) mass is 203 g/mol. The second-order valence-electron chi connectivity index (χ2n) is 2.24. The van der Waals surface area contributed by atoms with Gasteiger partial charge in [-0.2, -0.15) is 0 Å². The summed E-state index contributed by atoms with van der Waals surface area (Å²) in [6, 6.07) is 5.00. The molecule has 0 spiro atoms. The Morgan fingerprint density at radius 3 is 2.42 bits per heavy atom. The van der Waals surface area contributed by atoms with E-state index in [1.54, 1.807) is 18.2 Å². The van der Waals surface area contributed by atoms with Crippen LogP contribution in [0.1, 0.15) is 12.5 Å². The van der Waals surface area contributed by atoms with Crippen LogP contribution >= 0.6 is 23.3 Å². The highest BCUT2D eigenvalue weighted by molar-refractivity contribution is 8.59. The summed E-state index contributed by atoms with van der Waals surface area (Å²) in [6.07, 6.45) is 0.861. The number of benzene rings is 1. The maximum atomic E-state index is 9.01. The molecule has 0 fully saturated rings. The Kier molecular flexibility index (Phi) is 5.84. The largest absolute Gasteiger partial charge is 0.508 e. The van der Waals surface area contributed by atoms with E-state index in [9.17, 15) is 0 Å². The average molecular weight is 203 g/mol. The summed E-state index contributed by atoms with van der Waals surface area (Å²) < 4.78 is 0. The molecule has 12 heavy (non-hydrogen) atoms. The second kappa shape index (κ2) is 6.08. The predicted molar refractivity (Wildman–Crippen MR) is 59.9 cm³/mol. The van der Waals surface area contributed by atoms with E-state index in [4.69, 9.17) is 10.8 Å². The molecule has 68 valence electrons. The van der Waals surface area contributed by atoms with Gasteiger partial charge in [-0.1, -0.05) is 6.92 Å². The van der Waals surface area contributed by atoms with E-state index < -0.39 is 0 Å². The Hall–Kier alpha value is -0.480. The molecule has 1 aromatic carbocycles. The van der Waals surface area contributed by atoms with Gasteiger partial charge in [0.2, 0.25) is 0 Å². The quantitative estimate of drug-likeness (QED) is 0.245. The number of hydrogen-bond donors (Lipinski definition) is 4. The minimum Gasteiger partial charge on any atom is -0.508 e. The summed E-state index contributed by atoms with van der Waals surface area (Å²) in [4.78, 5) is 0. The van der Waals surface area contributed by atoms with Gasteiger partial charge in [-0.05, 0) is 30.2 Å². The first kappa shape index (κ1) is 11.5. The van der Waals surface area contributed by atoms with E-state index >= 15 is 0 Å². The standard InChI is InChI=1S/C8H11NO.H2S2/c1-2-6-5-7(10)3-4-8(6)9;1-2/h3-5,10H,2,9H2,1H3;1-2H. The molecule has 0 saturated heterocycles. The molecule has 0 aliphatic heterocycles. The van der Waals surface area contributed by atoms with Crippen LogP contribution in [0.25, 0.3) is 0 Å². The van der Waals surface area contributed by atoms with Crippen LogP contribution in [0, 0.1) is 0 Å². The number of phenolic OH excluding ortho intramolecular Hbond substituents is 1. The highest BCUT2D eigenvalue weighted by Crippen LogP contribution is 2.18. The molecule has 3 N–H and O–H groups in total. The normalized spacial score (nSPS) is 8.58. The van der Waals surface area contributed by atoms with Gasteiger partial charge in [0.05, 0.1) is 0 Å². The minimum absolute atomic E-state index is 0.283. The highest BCUT2D eigenvalue weighted by Gasteiger charge is 1.95. The lowest BCUT2D eigenvalue weighted by Crippen LogP contribution is -1.90. The van der Waals surface area contributed by atoms with Crippen LogP contribution in [-0.2, 0) is 6.42 Å². The van der Waals surface area contributed by atoms with Crippen LogP contribution in [0.2, 0.25) is 0 Å². The lowest BCUT2D eigenvalue weighted by molar-refractivity contribution is 0.474. The van der Waals surface area contributed by atoms with Crippen molar-refractivity contribution in [1.82, 2.24) is 0 Å². The summed E-state index contributed by atoms with van der Waals surface area (Å²) in [5.41, 5.74) is 7.34. The number of nitrogens with two attached hydrogens (primary N) is 1. The Balaban J connectivity index is 0.000000561. The van der Waals surface area contributed by atoms with Crippen LogP contribution in [0.4, 0.5) is 5.69 Å². The van der Waals surface area contributed by atoms with Crippen molar-refractivity contribution in [3.8, 4) is 5.75 Å². The van der Waals surface area contributed by atoms with Gasteiger partial charge in [0.25, 0.3) is 0 Å². The molecule has 0 unspecified atom stereocenters. The molecule has 0 radical (unpaired) electrons. The van der Waals surface area contributed by atoms with Crippen molar-refractivity contribution in [2.75, 3.05) is 5.73 Å².